The summed E-state index contributed by atoms with van der Waals surface area (Å²) >= 11 is 0. The fourth-order valence-electron chi connectivity index (χ4n) is 2.38. The average Bonchev–Trinajstić information content (AvgIpc) is 2.28. The third-order valence-corrected chi connectivity index (χ3v) is 3.36. The fraction of sp³-hybridized carbons (Fsp3) is 0.462. The second kappa shape index (κ2) is 4.26. The lowest BCUT2D eigenvalue weighted by molar-refractivity contribution is 0.210. The molecule has 0 radical (unpaired) electrons. The van der Waals surface area contributed by atoms with E-state index in [1.165, 1.54) is 5.56 Å². The summed E-state index contributed by atoms with van der Waals surface area (Å²) in [7, 11) is 0. The Bertz CT molecular complexity index is 384. The molecule has 0 aromatic heterocycles. The van der Waals surface area contributed by atoms with Gasteiger partial charge in [-0.1, -0.05) is 44.2 Å². The molecule has 0 saturated heterocycles. The Hall–Kier alpha value is -1.35. The summed E-state index contributed by atoms with van der Waals surface area (Å²) in [6.45, 7) is 5.17. The highest BCUT2D eigenvalue weighted by Crippen LogP contribution is 2.41. The predicted molar refractivity (Wildman–Crippen MR) is 64.8 cm³/mol. The quantitative estimate of drug-likeness (QED) is 0.711. The molecule has 1 aliphatic heterocycles. The molecule has 0 bridgehead atoms. The van der Waals surface area contributed by atoms with Crippen LogP contribution in [-0.4, -0.2) is 17.6 Å². The third kappa shape index (κ3) is 2.09. The summed E-state index contributed by atoms with van der Waals surface area (Å²) in [6.07, 6.45) is 0.781. The molecule has 16 heavy (non-hydrogen) atoms. The van der Waals surface area contributed by atoms with Crippen LogP contribution in [0.3, 0.4) is 0 Å². The monoisotopic (exact) mass is 218 g/mol. The number of amidine groups is 1. The van der Waals surface area contributed by atoms with Gasteiger partial charge < -0.3 is 0 Å². The third-order valence-electron chi connectivity index (χ3n) is 3.36. The number of nitrogens with one attached hydrogen (secondary N) is 1. The molecule has 2 rings (SSSR count). The van der Waals surface area contributed by atoms with Gasteiger partial charge in [-0.3, -0.25) is 15.7 Å². The minimum absolute atomic E-state index is 0.119. The number of hydrogen-bond acceptors (Lipinski definition) is 3. The second-order valence-electron chi connectivity index (χ2n) is 5.03. The van der Waals surface area contributed by atoms with Crippen molar-refractivity contribution >= 4 is 5.84 Å². The maximum atomic E-state index is 8.90. The van der Waals surface area contributed by atoms with E-state index in [1.807, 2.05) is 6.07 Å². The molecule has 0 fully saturated rings. The molecule has 86 valence electrons. The second-order valence-corrected chi connectivity index (χ2v) is 5.03. The molecular formula is C13H18N2O. The number of benzene rings is 1. The van der Waals surface area contributed by atoms with E-state index in [4.69, 9.17) is 5.21 Å². The SMILES string of the molecule is CC1(C)CC(NO)=NCC1c1ccccc1. The van der Waals surface area contributed by atoms with Crippen LogP contribution in [0.5, 0.6) is 0 Å². The smallest absolute Gasteiger partial charge is 0.121 e. The standard InChI is InChI=1S/C13H18N2O/c1-13(2)8-12(15-16)14-9-11(13)10-6-4-3-5-7-10/h3-7,11,16H,8-9H2,1-2H3,(H,14,15). The molecule has 3 nitrogen and oxygen atoms in total. The molecule has 1 atom stereocenters. The zero-order chi connectivity index (χ0) is 11.6. The van der Waals surface area contributed by atoms with Gasteiger partial charge in [-0.25, -0.2) is 0 Å². The van der Waals surface area contributed by atoms with E-state index < -0.39 is 0 Å². The van der Waals surface area contributed by atoms with Crippen LogP contribution in [0, 0.1) is 5.41 Å². The minimum atomic E-state index is 0.119. The molecule has 1 heterocycles. The maximum Gasteiger partial charge on any atom is 0.121 e. The first-order chi connectivity index (χ1) is 7.63. The van der Waals surface area contributed by atoms with E-state index in [-0.39, 0.29) is 5.41 Å². The van der Waals surface area contributed by atoms with E-state index in [9.17, 15) is 0 Å². The van der Waals surface area contributed by atoms with E-state index >= 15 is 0 Å². The van der Waals surface area contributed by atoms with Crippen molar-refractivity contribution in [2.24, 2.45) is 10.4 Å². The van der Waals surface area contributed by atoms with Crippen LogP contribution < -0.4 is 5.48 Å². The van der Waals surface area contributed by atoms with Gasteiger partial charge in [0.1, 0.15) is 5.84 Å². The van der Waals surface area contributed by atoms with E-state index in [1.54, 1.807) is 0 Å². The molecule has 2 N–H and O–H groups in total. The number of hydrogen-bond donors (Lipinski definition) is 2. The van der Waals surface area contributed by atoms with E-state index in [0.717, 1.165) is 13.0 Å². The predicted octanol–water partition coefficient (Wildman–Crippen LogP) is 2.58. The first-order valence-electron chi connectivity index (χ1n) is 5.62. The Labute approximate surface area is 96.2 Å². The summed E-state index contributed by atoms with van der Waals surface area (Å²) in [6, 6.07) is 10.5. The van der Waals surface area contributed by atoms with Crippen LogP contribution >= 0.6 is 0 Å². The van der Waals surface area contributed by atoms with Gasteiger partial charge in [-0.2, -0.15) is 0 Å². The fourth-order valence-corrected chi connectivity index (χ4v) is 2.38. The molecule has 3 heteroatoms. The molecule has 1 aromatic carbocycles. The molecule has 1 aliphatic rings. The van der Waals surface area contributed by atoms with Crippen molar-refractivity contribution < 1.29 is 5.21 Å². The number of nitrogens with zero attached hydrogens (tertiary/aromatic N) is 1. The minimum Gasteiger partial charge on any atom is -0.290 e. The lowest BCUT2D eigenvalue weighted by atomic mass is 9.71. The Morgan fingerprint density at radius 1 is 1.31 bits per heavy atom. The van der Waals surface area contributed by atoms with Crippen molar-refractivity contribution in [2.45, 2.75) is 26.2 Å². The average molecular weight is 218 g/mol. The Morgan fingerprint density at radius 2 is 2.00 bits per heavy atom. The Kier molecular flexibility index (Phi) is 2.97. The van der Waals surface area contributed by atoms with Crippen LogP contribution in [0.1, 0.15) is 31.7 Å². The highest BCUT2D eigenvalue weighted by Gasteiger charge is 2.34. The summed E-state index contributed by atoms with van der Waals surface area (Å²) in [5, 5.41) is 8.90. The van der Waals surface area contributed by atoms with Gasteiger partial charge in [0.2, 0.25) is 0 Å². The summed E-state index contributed by atoms with van der Waals surface area (Å²) < 4.78 is 0. The van der Waals surface area contributed by atoms with Gasteiger partial charge in [0, 0.05) is 18.9 Å². The molecule has 0 aliphatic carbocycles. The first kappa shape index (κ1) is 11.1. The van der Waals surface area contributed by atoms with Gasteiger partial charge in [-0.15, -0.1) is 0 Å². The van der Waals surface area contributed by atoms with Crippen molar-refractivity contribution in [3.63, 3.8) is 0 Å². The van der Waals surface area contributed by atoms with Crippen molar-refractivity contribution in [3.8, 4) is 0 Å². The Morgan fingerprint density at radius 3 is 2.56 bits per heavy atom. The van der Waals surface area contributed by atoms with Gasteiger partial charge in [-0.05, 0) is 11.0 Å². The normalized spacial score (nSPS) is 23.7. The Balaban J connectivity index is 2.27. The van der Waals surface area contributed by atoms with Crippen LogP contribution in [0.25, 0.3) is 0 Å². The van der Waals surface area contributed by atoms with Crippen LogP contribution in [0.2, 0.25) is 0 Å². The van der Waals surface area contributed by atoms with Gasteiger partial charge in [0.25, 0.3) is 0 Å². The summed E-state index contributed by atoms with van der Waals surface area (Å²) in [5.74, 6) is 1.11. The van der Waals surface area contributed by atoms with Gasteiger partial charge >= 0.3 is 0 Å². The molecule has 0 saturated carbocycles. The highest BCUT2D eigenvalue weighted by atomic mass is 16.5. The van der Waals surface area contributed by atoms with E-state index in [2.05, 4.69) is 48.6 Å². The lowest BCUT2D eigenvalue weighted by Gasteiger charge is -2.37. The van der Waals surface area contributed by atoms with Gasteiger partial charge in [0.15, 0.2) is 0 Å². The van der Waals surface area contributed by atoms with Crippen molar-refractivity contribution in [2.75, 3.05) is 6.54 Å². The van der Waals surface area contributed by atoms with Gasteiger partial charge in [0.05, 0.1) is 0 Å². The van der Waals surface area contributed by atoms with Crippen molar-refractivity contribution in [3.05, 3.63) is 35.9 Å². The number of rotatable bonds is 1. The highest BCUT2D eigenvalue weighted by molar-refractivity contribution is 5.82. The zero-order valence-electron chi connectivity index (χ0n) is 9.77. The molecular weight excluding hydrogens is 200 g/mol. The molecule has 1 unspecified atom stereocenters. The van der Waals surface area contributed by atoms with Crippen LogP contribution in [-0.2, 0) is 0 Å². The van der Waals surface area contributed by atoms with Crippen LogP contribution in [0.15, 0.2) is 35.3 Å². The molecule has 1 aromatic rings. The maximum absolute atomic E-state index is 8.90. The molecule has 0 spiro atoms. The largest absolute Gasteiger partial charge is 0.290 e. The van der Waals surface area contributed by atoms with Crippen LogP contribution in [0.4, 0.5) is 0 Å². The van der Waals surface area contributed by atoms with E-state index in [0.29, 0.717) is 11.8 Å². The van der Waals surface area contributed by atoms with Crippen molar-refractivity contribution in [1.29, 1.82) is 0 Å². The summed E-state index contributed by atoms with van der Waals surface area (Å²) in [5.41, 5.74) is 3.63. The van der Waals surface area contributed by atoms with Crippen molar-refractivity contribution in [1.82, 2.24) is 5.48 Å². The molecule has 0 amide bonds. The first-order valence-corrected chi connectivity index (χ1v) is 5.62. The number of hydroxylamine groups is 1. The zero-order valence-corrected chi connectivity index (χ0v) is 9.77. The summed E-state index contributed by atoms with van der Waals surface area (Å²) in [4.78, 5) is 4.36. The lowest BCUT2D eigenvalue weighted by Crippen LogP contribution is -2.36. The topological polar surface area (TPSA) is 44.6 Å². The number of aliphatic imine (C=N–C) groups is 1.